The molecule has 73 heavy (non-hydrogen) atoms. The van der Waals surface area contributed by atoms with Crippen LogP contribution in [0.3, 0.4) is 0 Å². The van der Waals surface area contributed by atoms with E-state index in [0.29, 0.717) is 6.42 Å². The van der Waals surface area contributed by atoms with E-state index in [4.69, 9.17) is 9.15 Å². The van der Waals surface area contributed by atoms with Gasteiger partial charge < -0.3 is 24.1 Å². The number of ether oxygens (including phenoxy) is 1. The summed E-state index contributed by atoms with van der Waals surface area (Å²) >= 11 is 0. The Morgan fingerprint density at radius 2 is 1.47 bits per heavy atom. The Balaban J connectivity index is 0.00000385. The maximum Gasteiger partial charge on any atom is 0.158 e. The molecule has 0 unspecified atom stereocenters. The molecule has 8 rings (SSSR count). The highest BCUT2D eigenvalue weighted by Crippen LogP contribution is 2.49. The highest BCUT2D eigenvalue weighted by molar-refractivity contribution is 6.00. The fourth-order valence-electron chi connectivity index (χ4n) is 10.7. The van der Waals surface area contributed by atoms with Crippen LogP contribution in [0.4, 0.5) is 17.1 Å². The van der Waals surface area contributed by atoms with Crippen LogP contribution < -0.4 is 25.0 Å². The molecule has 5 nitrogen and oxygen atoms in total. The monoisotopic (exact) mass is 973 g/mol. The lowest BCUT2D eigenvalue weighted by molar-refractivity contribution is 0.407. The molecule has 1 N–H and O–H groups in total. The maximum absolute atomic E-state index is 12.0. The zero-order valence-electron chi connectivity index (χ0n) is 47.0. The normalized spacial score (nSPS) is 14.2. The predicted molar refractivity (Wildman–Crippen MR) is 316 cm³/mol. The van der Waals surface area contributed by atoms with E-state index >= 15 is 0 Å². The van der Waals surface area contributed by atoms with Crippen LogP contribution in [0.15, 0.2) is 137 Å². The molecule has 1 aliphatic carbocycles. The molecule has 0 fully saturated rings. The molecule has 7 aromatic rings. The lowest BCUT2D eigenvalue weighted by Crippen LogP contribution is -2.30. The van der Waals surface area contributed by atoms with Gasteiger partial charge in [-0.3, -0.25) is 0 Å². The van der Waals surface area contributed by atoms with Crippen molar-refractivity contribution in [2.24, 2.45) is 5.41 Å². The number of hydrogen-bond acceptors (Lipinski definition) is 5. The van der Waals surface area contributed by atoms with E-state index in [1.54, 1.807) is 0 Å². The standard InChI is InChI=1S/C66H74N2O3.C2H6/c1-17-45-32-34-50-54(68(57-38-42(8)28-36-58(57)69)55-26-22-24-49-48(18-2)63(71-64(49)55)51(19-3)65(11,12)13)35-33-46-30-31-47(59(45)60(46)50)39-67(56-37-41(7)27-29-43(56)9)53(20-4)61(40(5)6)70-62-44(10)23-21-25-52(62)66(14,15)16;1-2/h17,19-34,36-39,54,69H,1,18,35H2,2-16H3;1-2H3/b47-39+,51-19+,53-20+;/t54-;/m0./s1. The van der Waals surface area contributed by atoms with Crippen molar-refractivity contribution < 1.29 is 14.3 Å². The molecule has 1 atom stereocenters. The van der Waals surface area contributed by atoms with Crippen LogP contribution in [0.2, 0.25) is 0 Å². The van der Waals surface area contributed by atoms with Gasteiger partial charge in [-0.05, 0) is 169 Å². The third-order valence-corrected chi connectivity index (χ3v) is 14.2. The second-order valence-corrected chi connectivity index (χ2v) is 21.7. The number of allylic oxidation sites excluding steroid dienone is 4. The molecule has 1 heterocycles. The molecule has 5 heteroatoms. The number of aryl methyl sites for hydroxylation is 5. The molecule has 0 bridgehead atoms. The molecular weight excluding hydrogens is 893 g/mol. The minimum absolute atomic E-state index is 0.130. The average molecular weight is 973 g/mol. The zero-order chi connectivity index (χ0) is 53.3. The van der Waals surface area contributed by atoms with Gasteiger partial charge >= 0.3 is 0 Å². The highest BCUT2D eigenvalue weighted by Gasteiger charge is 2.33. The Morgan fingerprint density at radius 3 is 2.10 bits per heavy atom. The first-order valence-electron chi connectivity index (χ1n) is 26.4. The van der Waals surface area contributed by atoms with E-state index < -0.39 is 0 Å². The molecule has 1 aliphatic rings. The predicted octanol–water partition coefficient (Wildman–Crippen LogP) is 18.1. The van der Waals surface area contributed by atoms with Gasteiger partial charge in [0, 0.05) is 28.4 Å². The van der Waals surface area contributed by atoms with Crippen molar-refractivity contribution in [2.45, 2.75) is 142 Å². The zero-order valence-corrected chi connectivity index (χ0v) is 47.0. The van der Waals surface area contributed by atoms with E-state index in [-0.39, 0.29) is 22.6 Å². The molecular formula is C68H80N2O3. The van der Waals surface area contributed by atoms with Crippen LogP contribution >= 0.6 is 0 Å². The van der Waals surface area contributed by atoms with Crippen LogP contribution in [-0.4, -0.2) is 5.11 Å². The molecule has 1 aromatic heterocycles. The molecule has 0 saturated carbocycles. The second kappa shape index (κ2) is 21.6. The van der Waals surface area contributed by atoms with Crippen molar-refractivity contribution in [2.75, 3.05) is 9.80 Å². The topological polar surface area (TPSA) is 49.1 Å². The molecule has 0 amide bonds. The summed E-state index contributed by atoms with van der Waals surface area (Å²) < 4.78 is 14.4. The number of benzene rings is 6. The molecule has 6 aromatic carbocycles. The summed E-state index contributed by atoms with van der Waals surface area (Å²) in [6.07, 6.45) is 12.5. The molecule has 0 spiro atoms. The lowest BCUT2D eigenvalue weighted by atomic mass is 9.83. The second-order valence-electron chi connectivity index (χ2n) is 21.7. The minimum atomic E-state index is -0.210. The van der Waals surface area contributed by atoms with E-state index in [0.717, 1.165) is 112 Å². The van der Waals surface area contributed by atoms with E-state index in [9.17, 15) is 5.11 Å². The molecule has 380 valence electrons. The van der Waals surface area contributed by atoms with Crippen LogP contribution in [0, 0.1) is 33.1 Å². The third-order valence-electron chi connectivity index (χ3n) is 14.2. The van der Waals surface area contributed by atoms with Gasteiger partial charge in [0.15, 0.2) is 5.58 Å². The lowest BCUT2D eigenvalue weighted by Gasteiger charge is -2.36. The van der Waals surface area contributed by atoms with Crippen LogP contribution in [0.25, 0.3) is 45.7 Å². The summed E-state index contributed by atoms with van der Waals surface area (Å²) in [5, 5.41) is 17.5. The first-order chi connectivity index (χ1) is 34.7. The van der Waals surface area contributed by atoms with E-state index in [1.807, 2.05) is 32.1 Å². The van der Waals surface area contributed by atoms with Gasteiger partial charge in [0.05, 0.1) is 23.1 Å². The van der Waals surface area contributed by atoms with Gasteiger partial charge in [-0.1, -0.05) is 166 Å². The number of anilines is 3. The Bertz CT molecular complexity index is 3450. The van der Waals surface area contributed by atoms with Crippen LogP contribution in [0.5, 0.6) is 11.5 Å². The maximum atomic E-state index is 12.0. The number of aromatic hydroxyl groups is 1. The smallest absolute Gasteiger partial charge is 0.158 e. The fraction of sp³-hybridized carbons (Fsp3) is 0.324. The Kier molecular flexibility index (Phi) is 15.9. The average Bonchev–Trinajstić information content (AvgIpc) is 3.72. The van der Waals surface area contributed by atoms with Gasteiger partial charge in [-0.25, -0.2) is 0 Å². The third kappa shape index (κ3) is 10.3. The van der Waals surface area contributed by atoms with E-state index in [2.05, 4.69) is 230 Å². The van der Waals surface area contributed by atoms with Crippen molar-refractivity contribution in [1.29, 1.82) is 0 Å². The summed E-state index contributed by atoms with van der Waals surface area (Å²) in [5.41, 5.74) is 15.5. The Labute approximate surface area is 437 Å². The summed E-state index contributed by atoms with van der Waals surface area (Å²) in [4.78, 5) is 4.66. The summed E-state index contributed by atoms with van der Waals surface area (Å²) in [6.45, 7) is 41.1. The SMILES string of the molecule is C=Cc1ccc2c3c(cc/c(=C\N(/C(=C/C)C(Oc4c(C)cccc4C(C)(C)C)=C(C)C)c4cc(C)ccc4C)c13)=CC[C@@H]2N(c1cc(C)ccc1O)c1cccc2c(CC)c(/C(=C\C)C(C)(C)C)oc12.CC. The highest BCUT2D eigenvalue weighted by atomic mass is 16.5. The van der Waals surface area contributed by atoms with Crippen LogP contribution in [0.1, 0.15) is 153 Å². The molecule has 0 aliphatic heterocycles. The quantitative estimate of drug-likeness (QED) is 0.0977. The fourth-order valence-corrected chi connectivity index (χ4v) is 10.7. The number of rotatable bonds is 12. The van der Waals surface area contributed by atoms with Gasteiger partial charge in [0.25, 0.3) is 0 Å². The number of hydrogen-bond donors (Lipinski definition) is 1. The number of fused-ring (bicyclic) bond motifs is 1. The number of para-hydroxylation sites is 2. The van der Waals surface area contributed by atoms with Gasteiger partial charge in [0.1, 0.15) is 23.0 Å². The number of furan rings is 1. The summed E-state index contributed by atoms with van der Waals surface area (Å²) in [7, 11) is 0. The van der Waals surface area contributed by atoms with Crippen LogP contribution in [-0.2, 0) is 11.8 Å². The molecule has 0 radical (unpaired) electrons. The largest absolute Gasteiger partial charge is 0.506 e. The number of phenolic OH excluding ortho intramolecular Hbond substituents is 1. The van der Waals surface area contributed by atoms with Crippen molar-refractivity contribution >= 4 is 62.7 Å². The minimum Gasteiger partial charge on any atom is -0.506 e. The summed E-state index contributed by atoms with van der Waals surface area (Å²) in [6, 6.07) is 34.3. The first-order valence-corrected chi connectivity index (χ1v) is 26.4. The molecule has 0 saturated heterocycles. The number of phenols is 1. The first kappa shape index (κ1) is 53.8. The van der Waals surface area contributed by atoms with Gasteiger partial charge in [0.2, 0.25) is 0 Å². The summed E-state index contributed by atoms with van der Waals surface area (Å²) in [5.74, 6) is 2.85. The number of nitrogens with zero attached hydrogens (tertiary/aromatic N) is 2. The van der Waals surface area contributed by atoms with Gasteiger partial charge in [-0.15, -0.1) is 0 Å². The van der Waals surface area contributed by atoms with Crippen molar-refractivity contribution in [1.82, 2.24) is 0 Å². The Hall–Kier alpha value is -6.98. The van der Waals surface area contributed by atoms with E-state index in [1.165, 1.54) is 21.9 Å². The van der Waals surface area contributed by atoms with Crippen molar-refractivity contribution in [3.8, 4) is 11.5 Å². The van der Waals surface area contributed by atoms with Gasteiger partial charge in [-0.2, -0.15) is 0 Å². The Morgan fingerprint density at radius 1 is 0.781 bits per heavy atom. The van der Waals surface area contributed by atoms with Crippen molar-refractivity contribution in [3.05, 3.63) is 194 Å². The van der Waals surface area contributed by atoms with Crippen molar-refractivity contribution in [3.63, 3.8) is 0 Å².